The van der Waals surface area contributed by atoms with Crippen molar-refractivity contribution in [1.82, 2.24) is 9.80 Å². The van der Waals surface area contributed by atoms with Crippen molar-refractivity contribution >= 4 is 44.2 Å². The SMILES string of the molecule is CC(C)(C)OC(=O)N1CCC2(CC1)CCN(CCCS(=O)(=O)c1ccc3cc(Cl)ccc3c1)C2=O. The Morgan fingerprint density at radius 3 is 2.34 bits per heavy atom. The third-order valence-electron chi connectivity index (χ3n) is 6.95. The van der Waals surface area contributed by atoms with Crippen molar-refractivity contribution < 1.29 is 22.7 Å². The summed E-state index contributed by atoms with van der Waals surface area (Å²) in [5.41, 5.74) is -0.996. The van der Waals surface area contributed by atoms with Crippen LogP contribution in [0, 0.1) is 5.41 Å². The predicted octanol–water partition coefficient (Wildman–Crippen LogP) is 4.91. The number of likely N-dealkylation sites (tertiary alicyclic amines) is 2. The van der Waals surface area contributed by atoms with Crippen molar-refractivity contribution in [3.8, 4) is 0 Å². The van der Waals surface area contributed by atoms with E-state index in [1.54, 1.807) is 40.1 Å². The highest BCUT2D eigenvalue weighted by atomic mass is 35.5. The van der Waals surface area contributed by atoms with Gasteiger partial charge in [-0.05, 0) is 81.5 Å². The highest BCUT2D eigenvalue weighted by Gasteiger charge is 2.48. The fourth-order valence-corrected chi connectivity index (χ4v) is 6.47. The molecule has 1 spiro atoms. The lowest BCUT2D eigenvalue weighted by Gasteiger charge is -2.38. The third-order valence-corrected chi connectivity index (χ3v) is 8.98. The van der Waals surface area contributed by atoms with Gasteiger partial charge in [0.05, 0.1) is 16.1 Å². The van der Waals surface area contributed by atoms with Gasteiger partial charge in [-0.25, -0.2) is 13.2 Å². The Kier molecular flexibility index (Phi) is 7.08. The average molecular weight is 521 g/mol. The standard InChI is InChI=1S/C26H33ClN2O5S/c1-25(2,3)34-24(31)29-14-10-26(11-15-29)9-13-28(23(26)30)12-4-16-35(32,33)22-8-6-19-17-21(27)7-5-20(19)18-22/h5-8,17-18H,4,9-16H2,1-3H3. The van der Waals surface area contributed by atoms with E-state index in [0.717, 1.165) is 17.2 Å². The third kappa shape index (κ3) is 5.75. The van der Waals surface area contributed by atoms with E-state index in [-0.39, 0.29) is 22.6 Å². The number of halogens is 1. The Morgan fingerprint density at radius 1 is 1.03 bits per heavy atom. The van der Waals surface area contributed by atoms with Crippen molar-refractivity contribution in [2.75, 3.05) is 31.9 Å². The number of benzene rings is 2. The van der Waals surface area contributed by atoms with Crippen molar-refractivity contribution in [3.05, 3.63) is 41.4 Å². The lowest BCUT2D eigenvalue weighted by atomic mass is 9.77. The quantitative estimate of drug-likeness (QED) is 0.559. The second kappa shape index (κ2) is 9.62. The maximum absolute atomic E-state index is 13.2. The summed E-state index contributed by atoms with van der Waals surface area (Å²) in [6.45, 7) is 7.55. The minimum absolute atomic E-state index is 0.0186. The summed E-state index contributed by atoms with van der Waals surface area (Å²) in [6, 6.07) is 10.4. The summed E-state index contributed by atoms with van der Waals surface area (Å²) in [4.78, 5) is 29.3. The molecule has 2 heterocycles. The zero-order valence-electron chi connectivity index (χ0n) is 20.5. The van der Waals surface area contributed by atoms with Crippen LogP contribution in [0.1, 0.15) is 46.5 Å². The second-order valence-electron chi connectivity index (χ2n) is 10.6. The zero-order valence-corrected chi connectivity index (χ0v) is 22.1. The summed E-state index contributed by atoms with van der Waals surface area (Å²) in [5.74, 6) is 0.0660. The van der Waals surface area contributed by atoms with Crippen LogP contribution in [0.25, 0.3) is 10.8 Å². The number of rotatable bonds is 5. The number of hydrogen-bond donors (Lipinski definition) is 0. The van der Waals surface area contributed by atoms with Gasteiger partial charge in [0.15, 0.2) is 9.84 Å². The number of carbonyl (C=O) groups excluding carboxylic acids is 2. The zero-order chi connectivity index (χ0) is 25.4. The van der Waals surface area contributed by atoms with Crippen LogP contribution in [0.2, 0.25) is 5.02 Å². The highest BCUT2D eigenvalue weighted by Crippen LogP contribution is 2.41. The first-order chi connectivity index (χ1) is 16.4. The van der Waals surface area contributed by atoms with Crippen LogP contribution >= 0.6 is 11.6 Å². The number of fused-ring (bicyclic) bond motifs is 1. The van der Waals surface area contributed by atoms with E-state index in [2.05, 4.69) is 0 Å². The molecule has 0 unspecified atom stereocenters. The number of carbonyl (C=O) groups is 2. The van der Waals surface area contributed by atoms with Gasteiger partial charge < -0.3 is 14.5 Å². The van der Waals surface area contributed by atoms with Gasteiger partial charge in [0.25, 0.3) is 0 Å². The van der Waals surface area contributed by atoms with Crippen molar-refractivity contribution in [1.29, 1.82) is 0 Å². The number of piperidine rings is 1. The Bertz CT molecular complexity index is 1230. The molecule has 0 N–H and O–H groups in total. The van der Waals surface area contributed by atoms with Crippen LogP contribution in [0.3, 0.4) is 0 Å². The molecule has 0 saturated carbocycles. The molecule has 35 heavy (non-hydrogen) atoms. The van der Waals surface area contributed by atoms with Crippen molar-refractivity contribution in [3.63, 3.8) is 0 Å². The van der Waals surface area contributed by atoms with Gasteiger partial charge in [-0.3, -0.25) is 4.79 Å². The fraction of sp³-hybridized carbons (Fsp3) is 0.538. The highest BCUT2D eigenvalue weighted by molar-refractivity contribution is 7.91. The van der Waals surface area contributed by atoms with Gasteiger partial charge in [-0.15, -0.1) is 0 Å². The minimum Gasteiger partial charge on any atom is -0.444 e. The number of hydrogen-bond acceptors (Lipinski definition) is 5. The molecule has 2 aliphatic heterocycles. The summed E-state index contributed by atoms with van der Waals surface area (Å²) in [6.07, 6.45) is 2.01. The molecule has 2 amide bonds. The second-order valence-corrected chi connectivity index (χ2v) is 13.2. The monoisotopic (exact) mass is 520 g/mol. The molecular formula is C26H33ClN2O5S. The molecule has 190 valence electrons. The Labute approximate surface area is 212 Å². The van der Waals surface area contributed by atoms with E-state index in [0.29, 0.717) is 50.5 Å². The van der Waals surface area contributed by atoms with Crippen LogP contribution in [-0.2, 0) is 19.4 Å². The Hall–Kier alpha value is -2.32. The van der Waals surface area contributed by atoms with Gasteiger partial charge in [0.2, 0.25) is 5.91 Å². The fourth-order valence-electron chi connectivity index (χ4n) is 4.97. The molecule has 0 bridgehead atoms. The molecule has 9 heteroatoms. The van der Waals surface area contributed by atoms with E-state index >= 15 is 0 Å². The number of sulfone groups is 1. The lowest BCUT2D eigenvalue weighted by molar-refractivity contribution is -0.138. The number of amides is 2. The first kappa shape index (κ1) is 25.8. The summed E-state index contributed by atoms with van der Waals surface area (Å²) < 4.78 is 31.3. The average Bonchev–Trinajstić information content (AvgIpc) is 3.07. The van der Waals surface area contributed by atoms with E-state index < -0.39 is 20.9 Å². The van der Waals surface area contributed by atoms with E-state index in [1.165, 1.54) is 0 Å². The molecular weight excluding hydrogens is 488 g/mol. The van der Waals surface area contributed by atoms with Gasteiger partial charge in [0.1, 0.15) is 5.60 Å². The molecule has 2 fully saturated rings. The molecule has 7 nitrogen and oxygen atoms in total. The Balaban J connectivity index is 1.31. The largest absolute Gasteiger partial charge is 0.444 e. The summed E-state index contributed by atoms with van der Waals surface area (Å²) >= 11 is 6.02. The number of ether oxygens (including phenoxy) is 1. The lowest BCUT2D eigenvalue weighted by Crippen LogP contribution is -2.48. The van der Waals surface area contributed by atoms with Crippen LogP contribution in [0.4, 0.5) is 4.79 Å². The molecule has 2 aromatic carbocycles. The van der Waals surface area contributed by atoms with Crippen LogP contribution < -0.4 is 0 Å². The molecule has 0 radical (unpaired) electrons. The van der Waals surface area contributed by atoms with E-state index in [1.807, 2.05) is 26.8 Å². The summed E-state index contributed by atoms with van der Waals surface area (Å²) in [7, 11) is -3.47. The van der Waals surface area contributed by atoms with Crippen LogP contribution in [-0.4, -0.2) is 67.8 Å². The molecule has 2 saturated heterocycles. The van der Waals surface area contributed by atoms with Gasteiger partial charge in [-0.2, -0.15) is 0 Å². The van der Waals surface area contributed by atoms with Gasteiger partial charge in [-0.1, -0.05) is 23.7 Å². The first-order valence-electron chi connectivity index (χ1n) is 12.1. The summed E-state index contributed by atoms with van der Waals surface area (Å²) in [5, 5.41) is 2.32. The van der Waals surface area contributed by atoms with Crippen LogP contribution in [0.15, 0.2) is 41.3 Å². The topological polar surface area (TPSA) is 84.0 Å². The first-order valence-corrected chi connectivity index (χ1v) is 14.1. The smallest absolute Gasteiger partial charge is 0.410 e. The maximum Gasteiger partial charge on any atom is 0.410 e. The molecule has 2 aliphatic rings. The predicted molar refractivity (Wildman–Crippen MR) is 136 cm³/mol. The Morgan fingerprint density at radius 2 is 1.66 bits per heavy atom. The molecule has 0 aromatic heterocycles. The minimum atomic E-state index is -3.47. The van der Waals surface area contributed by atoms with Crippen LogP contribution in [0.5, 0.6) is 0 Å². The van der Waals surface area contributed by atoms with E-state index in [9.17, 15) is 18.0 Å². The normalized spacial score (nSPS) is 18.5. The van der Waals surface area contributed by atoms with Crippen molar-refractivity contribution in [2.24, 2.45) is 5.41 Å². The number of nitrogens with zero attached hydrogens (tertiary/aromatic N) is 2. The van der Waals surface area contributed by atoms with E-state index in [4.69, 9.17) is 16.3 Å². The maximum atomic E-state index is 13.2. The molecule has 0 atom stereocenters. The van der Waals surface area contributed by atoms with Crippen molar-refractivity contribution in [2.45, 2.75) is 57.0 Å². The molecule has 2 aromatic rings. The van der Waals surface area contributed by atoms with Gasteiger partial charge >= 0.3 is 6.09 Å². The molecule has 0 aliphatic carbocycles. The van der Waals surface area contributed by atoms with Gasteiger partial charge in [0, 0.05) is 31.2 Å². The molecule has 4 rings (SSSR count).